The summed E-state index contributed by atoms with van der Waals surface area (Å²) in [6.45, 7) is 1.53. The van der Waals surface area contributed by atoms with Gasteiger partial charge in [0.2, 0.25) is 5.91 Å². The van der Waals surface area contributed by atoms with Crippen molar-refractivity contribution in [2.45, 2.75) is 51.0 Å². The lowest BCUT2D eigenvalue weighted by Gasteiger charge is -2.51. The Kier molecular flexibility index (Phi) is 2.24. The van der Waals surface area contributed by atoms with E-state index < -0.39 is 11.4 Å². The molecule has 0 aromatic heterocycles. The lowest BCUT2D eigenvalue weighted by Crippen LogP contribution is -2.57. The van der Waals surface area contributed by atoms with Gasteiger partial charge in [-0.2, -0.15) is 0 Å². The maximum absolute atomic E-state index is 11.2. The van der Waals surface area contributed by atoms with E-state index in [-0.39, 0.29) is 11.4 Å². The van der Waals surface area contributed by atoms with Gasteiger partial charge in [0.15, 0.2) is 0 Å². The maximum Gasteiger partial charge on any atom is 0.309 e. The molecule has 4 nitrogen and oxygen atoms in total. The van der Waals surface area contributed by atoms with Crippen molar-refractivity contribution in [1.29, 1.82) is 0 Å². The third kappa shape index (κ3) is 1.62. The molecule has 3 fully saturated rings. The molecule has 3 aliphatic carbocycles. The van der Waals surface area contributed by atoms with Gasteiger partial charge in [0.25, 0.3) is 0 Å². The van der Waals surface area contributed by atoms with Gasteiger partial charge < -0.3 is 10.4 Å². The van der Waals surface area contributed by atoms with E-state index in [0.29, 0.717) is 19.3 Å². The lowest BCUT2D eigenvalue weighted by molar-refractivity contribution is -0.157. The number of hydrogen-bond donors (Lipinski definition) is 2. The summed E-state index contributed by atoms with van der Waals surface area (Å²) in [5, 5.41) is 12.2. The summed E-state index contributed by atoms with van der Waals surface area (Å²) in [6, 6.07) is 0. The topological polar surface area (TPSA) is 66.4 Å². The Balaban J connectivity index is 2.10. The van der Waals surface area contributed by atoms with E-state index in [9.17, 15) is 14.7 Å². The molecule has 2 N–H and O–H groups in total. The first-order chi connectivity index (χ1) is 6.98. The van der Waals surface area contributed by atoms with Crippen molar-refractivity contribution in [3.05, 3.63) is 0 Å². The molecule has 0 aromatic rings. The normalized spacial score (nSPS) is 38.7. The van der Waals surface area contributed by atoms with Crippen LogP contribution in [0.1, 0.15) is 45.4 Å². The van der Waals surface area contributed by atoms with Crippen molar-refractivity contribution in [2.24, 2.45) is 5.41 Å². The molecule has 3 aliphatic rings. The van der Waals surface area contributed by atoms with Crippen LogP contribution in [0.15, 0.2) is 0 Å². The lowest BCUT2D eigenvalue weighted by atomic mass is 9.57. The van der Waals surface area contributed by atoms with Gasteiger partial charge in [-0.15, -0.1) is 0 Å². The molecule has 0 aromatic carbocycles. The number of carbonyl (C=O) groups is 2. The Morgan fingerprint density at radius 2 is 1.53 bits per heavy atom. The Hall–Kier alpha value is -1.06. The molecule has 84 valence electrons. The molecule has 2 bridgehead atoms. The van der Waals surface area contributed by atoms with Crippen LogP contribution in [-0.4, -0.2) is 22.5 Å². The Morgan fingerprint density at radius 1 is 1.07 bits per heavy atom. The van der Waals surface area contributed by atoms with Crippen molar-refractivity contribution >= 4 is 11.9 Å². The minimum Gasteiger partial charge on any atom is -0.481 e. The Morgan fingerprint density at radius 3 is 1.87 bits per heavy atom. The highest BCUT2D eigenvalue weighted by Crippen LogP contribution is 2.52. The van der Waals surface area contributed by atoms with Crippen molar-refractivity contribution in [1.82, 2.24) is 5.32 Å². The molecule has 4 heteroatoms. The Bertz CT molecular complexity index is 286. The van der Waals surface area contributed by atoms with Crippen LogP contribution in [0.5, 0.6) is 0 Å². The minimum atomic E-state index is -0.654. The standard InChI is InChI=1S/C11H17NO3/c1-8(13)12-11-5-2-10(3-6-11,4-7-11)9(14)15/h2-7H2,1H3,(H,12,13)(H,14,15). The van der Waals surface area contributed by atoms with E-state index in [0.717, 1.165) is 19.3 Å². The largest absolute Gasteiger partial charge is 0.481 e. The first kappa shape index (κ1) is 10.5. The fourth-order valence-electron chi connectivity index (χ4n) is 3.07. The smallest absolute Gasteiger partial charge is 0.309 e. The molecule has 0 spiro atoms. The molecular formula is C11H17NO3. The van der Waals surface area contributed by atoms with Crippen LogP contribution >= 0.6 is 0 Å². The number of aliphatic carboxylic acids is 1. The third-order valence-electron chi connectivity index (χ3n) is 4.14. The molecule has 1 amide bonds. The minimum absolute atomic E-state index is 0.000255. The van der Waals surface area contributed by atoms with Gasteiger partial charge in [0.05, 0.1) is 5.41 Å². The summed E-state index contributed by atoms with van der Waals surface area (Å²) < 4.78 is 0. The van der Waals surface area contributed by atoms with Gasteiger partial charge in [-0.25, -0.2) is 0 Å². The fraction of sp³-hybridized carbons (Fsp3) is 0.818. The second kappa shape index (κ2) is 3.22. The van der Waals surface area contributed by atoms with E-state index in [4.69, 9.17) is 0 Å². The van der Waals surface area contributed by atoms with Gasteiger partial charge in [-0.1, -0.05) is 0 Å². The molecule has 0 radical (unpaired) electrons. The second-order valence-electron chi connectivity index (χ2n) is 5.05. The number of hydrogen-bond acceptors (Lipinski definition) is 2. The first-order valence-electron chi connectivity index (χ1n) is 5.50. The van der Waals surface area contributed by atoms with Crippen LogP contribution < -0.4 is 5.32 Å². The van der Waals surface area contributed by atoms with Crippen molar-refractivity contribution in [3.8, 4) is 0 Å². The highest BCUT2D eigenvalue weighted by atomic mass is 16.4. The van der Waals surface area contributed by atoms with Crippen molar-refractivity contribution in [3.63, 3.8) is 0 Å². The van der Waals surface area contributed by atoms with E-state index in [1.807, 2.05) is 0 Å². The average Bonchev–Trinajstić information content (AvgIpc) is 2.18. The van der Waals surface area contributed by atoms with Gasteiger partial charge in [0.1, 0.15) is 0 Å². The van der Waals surface area contributed by atoms with Crippen molar-refractivity contribution in [2.75, 3.05) is 0 Å². The SMILES string of the molecule is CC(=O)NC12CCC(C(=O)O)(CC1)CC2. The fourth-order valence-corrected chi connectivity index (χ4v) is 3.07. The van der Waals surface area contributed by atoms with Crippen LogP contribution in [-0.2, 0) is 9.59 Å². The van der Waals surface area contributed by atoms with Gasteiger partial charge in [0, 0.05) is 12.5 Å². The summed E-state index contributed by atoms with van der Waals surface area (Å²) in [6.07, 6.45) is 4.59. The second-order valence-corrected chi connectivity index (χ2v) is 5.05. The summed E-state index contributed by atoms with van der Waals surface area (Å²) in [5.41, 5.74) is -0.580. The molecule has 15 heavy (non-hydrogen) atoms. The zero-order chi connectivity index (χ0) is 11.1. The summed E-state index contributed by atoms with van der Waals surface area (Å²) in [4.78, 5) is 22.3. The molecule has 3 saturated carbocycles. The maximum atomic E-state index is 11.2. The number of carbonyl (C=O) groups excluding carboxylic acids is 1. The number of carboxylic acid groups (broad SMARTS) is 1. The number of rotatable bonds is 2. The molecule has 0 unspecified atom stereocenters. The van der Waals surface area contributed by atoms with Gasteiger partial charge in [-0.3, -0.25) is 9.59 Å². The molecule has 0 saturated heterocycles. The molecule has 0 atom stereocenters. The predicted molar refractivity (Wildman–Crippen MR) is 54.3 cm³/mol. The number of carboxylic acids is 1. The van der Waals surface area contributed by atoms with Crippen molar-refractivity contribution < 1.29 is 14.7 Å². The van der Waals surface area contributed by atoms with E-state index in [1.54, 1.807) is 0 Å². The molecule has 0 aliphatic heterocycles. The van der Waals surface area contributed by atoms with E-state index in [1.165, 1.54) is 6.92 Å². The highest BCUT2D eigenvalue weighted by Gasteiger charge is 2.52. The summed E-state index contributed by atoms with van der Waals surface area (Å²) in [7, 11) is 0. The number of fused-ring (bicyclic) bond motifs is 3. The van der Waals surface area contributed by atoms with E-state index >= 15 is 0 Å². The first-order valence-corrected chi connectivity index (χ1v) is 5.50. The molecule has 0 heterocycles. The molecular weight excluding hydrogens is 194 g/mol. The monoisotopic (exact) mass is 211 g/mol. The van der Waals surface area contributed by atoms with E-state index in [2.05, 4.69) is 5.32 Å². The summed E-state index contributed by atoms with van der Waals surface area (Å²) >= 11 is 0. The quantitative estimate of drug-likeness (QED) is 0.723. The van der Waals surface area contributed by atoms with Gasteiger partial charge in [-0.05, 0) is 38.5 Å². The average molecular weight is 211 g/mol. The van der Waals surface area contributed by atoms with Crippen LogP contribution in [0.4, 0.5) is 0 Å². The number of amides is 1. The van der Waals surface area contributed by atoms with Crippen LogP contribution in [0.25, 0.3) is 0 Å². The van der Waals surface area contributed by atoms with Crippen LogP contribution in [0.2, 0.25) is 0 Å². The predicted octanol–water partition coefficient (Wildman–Crippen LogP) is 1.30. The third-order valence-corrected chi connectivity index (χ3v) is 4.14. The summed E-state index contributed by atoms with van der Waals surface area (Å²) in [5.74, 6) is -0.654. The highest BCUT2D eigenvalue weighted by molar-refractivity contribution is 5.76. The zero-order valence-corrected chi connectivity index (χ0v) is 9.01. The molecule has 3 rings (SSSR count). The number of nitrogens with one attached hydrogen (secondary N) is 1. The van der Waals surface area contributed by atoms with Gasteiger partial charge >= 0.3 is 5.97 Å². The van der Waals surface area contributed by atoms with Crippen LogP contribution in [0, 0.1) is 5.41 Å². The Labute approximate surface area is 89.0 Å². The van der Waals surface area contributed by atoms with Crippen LogP contribution in [0.3, 0.4) is 0 Å². The zero-order valence-electron chi connectivity index (χ0n) is 9.01.